The lowest BCUT2D eigenvalue weighted by atomic mass is 9.70. The molecule has 3 heterocycles. The van der Waals surface area contributed by atoms with Gasteiger partial charge in [0.05, 0.1) is 16.8 Å². The minimum Gasteiger partial charge on any atom is -0.327 e. The zero-order valence-electron chi connectivity index (χ0n) is 28.7. The number of fused-ring (bicyclic) bond motifs is 13. The molecule has 1 unspecified atom stereocenters. The van der Waals surface area contributed by atoms with E-state index in [4.69, 9.17) is 0 Å². The first-order chi connectivity index (χ1) is 26.3. The minimum absolute atomic E-state index is 0.160. The van der Waals surface area contributed by atoms with Gasteiger partial charge in [0.1, 0.15) is 6.04 Å². The normalized spacial score (nSPS) is 15.0. The fourth-order valence-electron chi connectivity index (χ4n) is 9.76. The number of aromatic nitrogens is 2. The average Bonchev–Trinajstić information content (AvgIpc) is 3.61. The number of nitrogens with zero attached hydrogens (tertiary/aromatic N) is 2. The van der Waals surface area contributed by atoms with Crippen LogP contribution in [0.1, 0.15) is 39.7 Å². The van der Waals surface area contributed by atoms with Crippen LogP contribution in [0.3, 0.4) is 0 Å². The number of hydrogen-bond acceptors (Lipinski definition) is 1. The fourth-order valence-corrected chi connectivity index (χ4v) is 9.76. The van der Waals surface area contributed by atoms with Crippen LogP contribution in [0.15, 0.2) is 176 Å². The van der Waals surface area contributed by atoms with Crippen LogP contribution in [0.25, 0.3) is 66.5 Å². The molecule has 0 N–H and O–H groups in total. The maximum atomic E-state index is 4.53. The van der Waals surface area contributed by atoms with Crippen LogP contribution < -0.4 is 0 Å². The number of para-hydroxylation sites is 1. The van der Waals surface area contributed by atoms with E-state index < -0.39 is 0 Å². The molecule has 1 aliphatic heterocycles. The van der Waals surface area contributed by atoms with Gasteiger partial charge in [0, 0.05) is 22.7 Å². The highest BCUT2D eigenvalue weighted by atomic mass is 15.2. The van der Waals surface area contributed by atoms with Crippen LogP contribution in [0.4, 0.5) is 0 Å². The van der Waals surface area contributed by atoms with Crippen molar-refractivity contribution in [3.63, 3.8) is 0 Å². The van der Waals surface area contributed by atoms with Crippen molar-refractivity contribution in [1.29, 1.82) is 0 Å². The van der Waals surface area contributed by atoms with E-state index in [0.29, 0.717) is 0 Å². The quantitative estimate of drug-likeness (QED) is 0.182. The van der Waals surface area contributed by atoms with Gasteiger partial charge in [0.25, 0.3) is 0 Å². The Kier molecular flexibility index (Phi) is 5.71. The van der Waals surface area contributed by atoms with Crippen molar-refractivity contribution >= 4 is 10.9 Å². The second-order valence-corrected chi connectivity index (χ2v) is 14.5. The molecule has 12 rings (SSSR count). The summed E-state index contributed by atoms with van der Waals surface area (Å²) in [7, 11) is 0. The Morgan fingerprint density at radius 2 is 1.04 bits per heavy atom. The minimum atomic E-state index is -0.347. The largest absolute Gasteiger partial charge is 0.327 e. The number of benzene rings is 7. The summed E-state index contributed by atoms with van der Waals surface area (Å²) in [5.74, 6) is 0. The van der Waals surface area contributed by atoms with Gasteiger partial charge in [-0.3, -0.25) is 0 Å². The molecule has 7 aromatic carbocycles. The predicted octanol–water partition coefficient (Wildman–Crippen LogP) is 11.9. The lowest BCUT2D eigenvalue weighted by molar-refractivity contribution is 0.794. The molecule has 0 bridgehead atoms. The molecular formula is C51H30N2. The van der Waals surface area contributed by atoms with Crippen molar-refractivity contribution in [2.24, 2.45) is 0 Å². The van der Waals surface area contributed by atoms with Crippen LogP contribution in [0.5, 0.6) is 0 Å². The monoisotopic (exact) mass is 670 g/mol. The van der Waals surface area contributed by atoms with Crippen LogP contribution >= 0.6 is 0 Å². The maximum absolute atomic E-state index is 4.53. The smallest absolute Gasteiger partial charge is 0.118 e. The third kappa shape index (κ3) is 3.81. The van der Waals surface area contributed by atoms with Gasteiger partial charge in [-0.05, 0) is 109 Å². The standard InChI is InChI=1S/C51H30N2/c1-5-18-42-37(14-1)38-15-2-6-19-43(38)51(42)44-20-7-3-16-39(44)40-28-27-36(31-45(40)51)35-13-11-12-34(30-35)32-23-25-33(26-24-32)48-41-17-4-8-22-47(41)53-49(50(48)53)46-21-9-10-29-52-46/h1-9,11-28,30-31,49H. The molecule has 0 fully saturated rings. The van der Waals surface area contributed by atoms with Gasteiger partial charge in [-0.1, -0.05) is 146 Å². The Hall–Kier alpha value is -6.95. The molecule has 9 aromatic rings. The topological polar surface area (TPSA) is 17.8 Å². The van der Waals surface area contributed by atoms with Gasteiger partial charge >= 0.3 is 0 Å². The Labute approximate surface area is 308 Å². The molecule has 2 nitrogen and oxygen atoms in total. The van der Waals surface area contributed by atoms with Gasteiger partial charge in [-0.2, -0.15) is 4.98 Å². The van der Waals surface area contributed by atoms with Gasteiger partial charge < -0.3 is 4.57 Å². The van der Waals surface area contributed by atoms with E-state index in [1.54, 1.807) is 0 Å². The molecule has 1 atom stereocenters. The van der Waals surface area contributed by atoms with E-state index in [1.165, 1.54) is 94.5 Å². The molecule has 0 saturated heterocycles. The van der Waals surface area contributed by atoms with E-state index in [2.05, 4.69) is 186 Å². The molecule has 0 amide bonds. The summed E-state index contributed by atoms with van der Waals surface area (Å²) in [6.45, 7) is 0. The Morgan fingerprint density at radius 1 is 0.472 bits per heavy atom. The van der Waals surface area contributed by atoms with Crippen LogP contribution in [-0.4, -0.2) is 9.55 Å². The highest BCUT2D eigenvalue weighted by Gasteiger charge is 2.51. The summed E-state index contributed by atoms with van der Waals surface area (Å²) < 4.78 is 2.40. The van der Waals surface area contributed by atoms with E-state index in [-0.39, 0.29) is 11.5 Å². The average molecular weight is 671 g/mol. The van der Waals surface area contributed by atoms with Crippen molar-refractivity contribution in [3.05, 3.63) is 222 Å². The summed E-state index contributed by atoms with van der Waals surface area (Å²) in [4.78, 5) is 4.53. The van der Waals surface area contributed by atoms with E-state index in [9.17, 15) is 0 Å². The summed E-state index contributed by atoms with van der Waals surface area (Å²) in [5.41, 5.74) is 21.4. The first-order valence-corrected chi connectivity index (χ1v) is 18.3. The molecule has 2 heteroatoms. The van der Waals surface area contributed by atoms with Crippen LogP contribution in [0, 0.1) is 12.3 Å². The van der Waals surface area contributed by atoms with E-state index in [0.717, 1.165) is 5.69 Å². The molecule has 1 spiro atoms. The van der Waals surface area contributed by atoms with Crippen LogP contribution in [0.2, 0.25) is 0 Å². The highest BCUT2D eigenvalue weighted by Crippen LogP contribution is 2.63. The first-order valence-electron chi connectivity index (χ1n) is 18.3. The third-order valence-corrected chi connectivity index (χ3v) is 12.0. The van der Waals surface area contributed by atoms with Crippen molar-refractivity contribution in [2.75, 3.05) is 0 Å². The molecule has 0 radical (unpaired) electrons. The van der Waals surface area contributed by atoms with Gasteiger partial charge in [0.2, 0.25) is 0 Å². The summed E-state index contributed by atoms with van der Waals surface area (Å²) in [6.07, 6.45) is 2.90. The zero-order chi connectivity index (χ0) is 34.7. The molecule has 3 aliphatic rings. The molecule has 2 aliphatic carbocycles. The van der Waals surface area contributed by atoms with Crippen molar-refractivity contribution in [3.8, 4) is 55.6 Å². The fraction of sp³-hybridized carbons (Fsp3) is 0.0392. The lowest BCUT2D eigenvalue weighted by Gasteiger charge is -2.30. The molecule has 53 heavy (non-hydrogen) atoms. The SMILES string of the molecule is c1ccc(C2c3c(-c4ccc(-c5cccc(-c6ccc7c(c6)C6(c8ccccc8-c8ccccc86)c6ccccc6-7)c5)cc4)c4ccccc4n32)nc#1. The van der Waals surface area contributed by atoms with Crippen molar-refractivity contribution in [2.45, 2.75) is 11.5 Å². The molecule has 244 valence electrons. The molecule has 0 saturated carbocycles. The lowest BCUT2D eigenvalue weighted by Crippen LogP contribution is -2.25. The maximum Gasteiger partial charge on any atom is 0.118 e. The number of rotatable bonds is 4. The Balaban J connectivity index is 0.950. The summed E-state index contributed by atoms with van der Waals surface area (Å²) in [6, 6.07) is 68.1. The third-order valence-electron chi connectivity index (χ3n) is 12.0. The highest BCUT2D eigenvalue weighted by molar-refractivity contribution is 6.02. The Morgan fingerprint density at radius 3 is 1.72 bits per heavy atom. The van der Waals surface area contributed by atoms with Crippen LogP contribution in [-0.2, 0) is 5.41 Å². The summed E-state index contributed by atoms with van der Waals surface area (Å²) >= 11 is 0. The van der Waals surface area contributed by atoms with Crippen molar-refractivity contribution < 1.29 is 0 Å². The number of hydrogen-bond donors (Lipinski definition) is 0. The van der Waals surface area contributed by atoms with Gasteiger partial charge in [-0.15, -0.1) is 0 Å². The molecular weight excluding hydrogens is 641 g/mol. The Bertz CT molecular complexity index is 2890. The van der Waals surface area contributed by atoms with E-state index >= 15 is 0 Å². The summed E-state index contributed by atoms with van der Waals surface area (Å²) in [5, 5.41) is 1.28. The predicted molar refractivity (Wildman–Crippen MR) is 214 cm³/mol. The second-order valence-electron chi connectivity index (χ2n) is 14.5. The van der Waals surface area contributed by atoms with Crippen molar-refractivity contribution in [1.82, 2.24) is 9.55 Å². The molecule has 2 aromatic heterocycles. The van der Waals surface area contributed by atoms with Gasteiger partial charge in [0.15, 0.2) is 0 Å². The van der Waals surface area contributed by atoms with E-state index in [1.807, 2.05) is 12.1 Å². The zero-order valence-corrected chi connectivity index (χ0v) is 28.7. The first kappa shape index (κ1) is 28.7. The second kappa shape index (κ2) is 10.5. The van der Waals surface area contributed by atoms with Gasteiger partial charge in [-0.25, -0.2) is 0 Å².